The number of ether oxygens (including phenoxy) is 1. The Morgan fingerprint density at radius 3 is 2.81 bits per heavy atom. The summed E-state index contributed by atoms with van der Waals surface area (Å²) in [4.78, 5) is 21.1. The first kappa shape index (κ1) is 24.8. The van der Waals surface area contributed by atoms with Gasteiger partial charge in [-0.15, -0.1) is 11.3 Å². The molecule has 0 saturated carbocycles. The van der Waals surface area contributed by atoms with Crippen LogP contribution in [0.3, 0.4) is 0 Å². The van der Waals surface area contributed by atoms with Crippen molar-refractivity contribution in [2.45, 2.75) is 26.4 Å². The third-order valence-corrected chi connectivity index (χ3v) is 7.67. The molecule has 5 nitrogen and oxygen atoms in total. The van der Waals surface area contributed by atoms with Crippen LogP contribution in [0.2, 0.25) is 10.0 Å². The van der Waals surface area contributed by atoms with Crippen molar-refractivity contribution in [3.8, 4) is 11.3 Å². The fraction of sp³-hybridized carbons (Fsp3) is 0.214. The molecule has 0 amide bonds. The van der Waals surface area contributed by atoms with Gasteiger partial charge in [-0.3, -0.25) is 4.90 Å². The molecule has 3 heterocycles. The predicted octanol–water partition coefficient (Wildman–Crippen LogP) is 7.80. The van der Waals surface area contributed by atoms with Crippen LogP contribution in [0.15, 0.2) is 70.1 Å². The molecule has 1 aliphatic heterocycles. The van der Waals surface area contributed by atoms with E-state index in [0.717, 1.165) is 36.5 Å². The molecule has 0 atom stereocenters. The fourth-order valence-electron chi connectivity index (χ4n) is 4.30. The molecule has 0 bridgehead atoms. The molecular formula is C28H24Cl2N2O3S. The van der Waals surface area contributed by atoms with Gasteiger partial charge >= 0.3 is 5.97 Å². The minimum atomic E-state index is -0.329. The van der Waals surface area contributed by atoms with Gasteiger partial charge in [-0.05, 0) is 54.8 Å². The van der Waals surface area contributed by atoms with Crippen molar-refractivity contribution in [3.05, 3.63) is 98.0 Å². The molecule has 8 heteroatoms. The number of halogens is 2. The monoisotopic (exact) mass is 538 g/mol. The molecule has 4 aromatic rings. The Morgan fingerprint density at radius 1 is 1.17 bits per heavy atom. The van der Waals surface area contributed by atoms with Gasteiger partial charge in [0, 0.05) is 35.1 Å². The Hall–Kier alpha value is -2.90. The summed E-state index contributed by atoms with van der Waals surface area (Å²) in [6, 6.07) is 19.3. The quantitative estimate of drug-likeness (QED) is 0.178. The summed E-state index contributed by atoms with van der Waals surface area (Å²) in [5.74, 6) is 0.814. The van der Waals surface area contributed by atoms with Gasteiger partial charge in [-0.25, -0.2) is 9.79 Å². The van der Waals surface area contributed by atoms with Crippen molar-refractivity contribution < 1.29 is 13.9 Å². The van der Waals surface area contributed by atoms with E-state index in [1.54, 1.807) is 24.4 Å². The first-order chi connectivity index (χ1) is 17.5. The Morgan fingerprint density at radius 2 is 2.00 bits per heavy atom. The molecule has 2 aromatic carbocycles. The maximum Gasteiger partial charge on any atom is 0.341 e. The molecule has 0 unspecified atom stereocenters. The van der Waals surface area contributed by atoms with Gasteiger partial charge in [0.2, 0.25) is 0 Å². The summed E-state index contributed by atoms with van der Waals surface area (Å²) in [5, 5.41) is 1.76. The lowest BCUT2D eigenvalue weighted by molar-refractivity contribution is 0.0526. The average Bonchev–Trinajstić information content (AvgIpc) is 3.49. The number of benzene rings is 2. The van der Waals surface area contributed by atoms with Gasteiger partial charge < -0.3 is 9.15 Å². The molecule has 0 fully saturated rings. The van der Waals surface area contributed by atoms with E-state index in [0.29, 0.717) is 44.3 Å². The van der Waals surface area contributed by atoms with Gasteiger partial charge in [-0.2, -0.15) is 0 Å². The summed E-state index contributed by atoms with van der Waals surface area (Å²) < 4.78 is 11.3. The van der Waals surface area contributed by atoms with Crippen LogP contribution in [0.25, 0.3) is 11.3 Å². The Bertz CT molecular complexity index is 1410. The number of esters is 1. The van der Waals surface area contributed by atoms with Crippen molar-refractivity contribution >= 4 is 51.7 Å². The zero-order valence-corrected chi connectivity index (χ0v) is 22.0. The SMILES string of the molecule is CCOC(=O)c1c(N=Cc2ccc(-c3cc(Cl)ccc3Cl)o2)sc2c1CCN(Cc1ccccc1)C2. The second kappa shape index (κ2) is 11.0. The fourth-order valence-corrected chi connectivity index (χ4v) is 5.90. The highest BCUT2D eigenvalue weighted by molar-refractivity contribution is 7.16. The lowest BCUT2D eigenvalue weighted by atomic mass is 10.0. The van der Waals surface area contributed by atoms with Gasteiger partial charge in [0.1, 0.15) is 16.5 Å². The van der Waals surface area contributed by atoms with Crippen LogP contribution in [0.5, 0.6) is 0 Å². The molecule has 5 rings (SSSR count). The van der Waals surface area contributed by atoms with Crippen molar-refractivity contribution in [3.63, 3.8) is 0 Å². The zero-order chi connectivity index (χ0) is 25.1. The zero-order valence-electron chi connectivity index (χ0n) is 19.7. The summed E-state index contributed by atoms with van der Waals surface area (Å²) in [6.45, 7) is 4.64. The number of nitrogens with zero attached hydrogens (tertiary/aromatic N) is 2. The van der Waals surface area contributed by atoms with Crippen LogP contribution < -0.4 is 0 Å². The summed E-state index contributed by atoms with van der Waals surface area (Å²) in [5.41, 5.74) is 3.59. The lowest BCUT2D eigenvalue weighted by Gasteiger charge is -2.27. The molecule has 0 N–H and O–H groups in total. The number of thiophene rings is 1. The van der Waals surface area contributed by atoms with E-state index in [9.17, 15) is 4.79 Å². The summed E-state index contributed by atoms with van der Waals surface area (Å²) in [6.07, 6.45) is 2.41. The van der Waals surface area contributed by atoms with E-state index >= 15 is 0 Å². The van der Waals surface area contributed by atoms with E-state index in [-0.39, 0.29) is 5.97 Å². The van der Waals surface area contributed by atoms with Crippen molar-refractivity contribution in [2.24, 2.45) is 4.99 Å². The molecular weight excluding hydrogens is 515 g/mol. The standard InChI is InChI=1S/C28H24Cl2N2O3S/c1-2-34-28(33)26-21-12-13-32(16-18-6-4-3-5-7-18)17-25(21)36-27(26)31-15-20-9-11-24(35-20)22-14-19(29)8-10-23(22)30/h3-11,14-15H,2,12-13,16-17H2,1H3. The summed E-state index contributed by atoms with van der Waals surface area (Å²) in [7, 11) is 0. The predicted molar refractivity (Wildman–Crippen MR) is 146 cm³/mol. The van der Waals surface area contributed by atoms with Gasteiger partial charge in [0.15, 0.2) is 0 Å². The Labute approximate surface area is 223 Å². The molecule has 1 aliphatic rings. The van der Waals surface area contributed by atoms with Crippen LogP contribution in [0, 0.1) is 0 Å². The maximum absolute atomic E-state index is 12.9. The topological polar surface area (TPSA) is 55.0 Å². The normalized spacial score (nSPS) is 13.8. The van der Waals surface area contributed by atoms with Crippen LogP contribution >= 0.6 is 34.5 Å². The highest BCUT2D eigenvalue weighted by atomic mass is 35.5. The number of hydrogen-bond donors (Lipinski definition) is 0. The Kier molecular flexibility index (Phi) is 7.58. The number of hydrogen-bond acceptors (Lipinski definition) is 6. The number of aliphatic imine (C=N–C) groups is 1. The van der Waals surface area contributed by atoms with Crippen LogP contribution in [0.4, 0.5) is 5.00 Å². The van der Waals surface area contributed by atoms with Gasteiger partial charge in [-0.1, -0.05) is 53.5 Å². The van der Waals surface area contributed by atoms with E-state index < -0.39 is 0 Å². The van der Waals surface area contributed by atoms with Crippen molar-refractivity contribution in [1.82, 2.24) is 4.90 Å². The molecule has 0 aliphatic carbocycles. The first-order valence-electron chi connectivity index (χ1n) is 11.7. The highest BCUT2D eigenvalue weighted by Crippen LogP contribution is 2.40. The van der Waals surface area contributed by atoms with Gasteiger partial charge in [0.25, 0.3) is 0 Å². The minimum absolute atomic E-state index is 0.314. The third-order valence-electron chi connectivity index (χ3n) is 5.98. The second-order valence-corrected chi connectivity index (χ2v) is 10.4. The smallest absolute Gasteiger partial charge is 0.341 e. The molecule has 0 radical (unpaired) electrons. The first-order valence-corrected chi connectivity index (χ1v) is 13.3. The molecule has 36 heavy (non-hydrogen) atoms. The molecule has 2 aromatic heterocycles. The van der Waals surface area contributed by atoms with E-state index in [2.05, 4.69) is 34.2 Å². The van der Waals surface area contributed by atoms with E-state index in [1.165, 1.54) is 16.9 Å². The van der Waals surface area contributed by atoms with Crippen LogP contribution in [-0.4, -0.2) is 30.2 Å². The third kappa shape index (κ3) is 5.42. The summed E-state index contributed by atoms with van der Waals surface area (Å²) >= 11 is 14.0. The average molecular weight is 539 g/mol. The minimum Gasteiger partial charge on any atom is -0.462 e. The molecule has 0 spiro atoms. The number of furan rings is 1. The number of fused-ring (bicyclic) bond motifs is 1. The second-order valence-electron chi connectivity index (χ2n) is 8.44. The Balaban J connectivity index is 1.41. The highest BCUT2D eigenvalue weighted by Gasteiger charge is 2.28. The maximum atomic E-state index is 12.9. The van der Waals surface area contributed by atoms with E-state index in [4.69, 9.17) is 32.4 Å². The largest absolute Gasteiger partial charge is 0.462 e. The van der Waals surface area contributed by atoms with Crippen LogP contribution in [0.1, 0.15) is 39.0 Å². The van der Waals surface area contributed by atoms with Crippen molar-refractivity contribution in [1.29, 1.82) is 0 Å². The van der Waals surface area contributed by atoms with Crippen molar-refractivity contribution in [2.75, 3.05) is 13.2 Å². The number of carbonyl (C=O) groups excluding carboxylic acids is 1. The van der Waals surface area contributed by atoms with E-state index in [1.807, 2.05) is 25.1 Å². The number of carbonyl (C=O) groups is 1. The number of rotatable bonds is 7. The lowest BCUT2D eigenvalue weighted by Crippen LogP contribution is -2.29. The van der Waals surface area contributed by atoms with Crippen LogP contribution in [-0.2, 0) is 24.2 Å². The molecule has 184 valence electrons. The van der Waals surface area contributed by atoms with Gasteiger partial charge in [0.05, 0.1) is 23.4 Å². The molecule has 0 saturated heterocycles.